The molecule has 0 spiro atoms. The zero-order valence-electron chi connectivity index (χ0n) is 8.03. The van der Waals surface area contributed by atoms with E-state index in [0.29, 0.717) is 18.9 Å². The Bertz CT molecular complexity index is 354. The predicted molar refractivity (Wildman–Crippen MR) is 51.6 cm³/mol. The van der Waals surface area contributed by atoms with Crippen molar-refractivity contribution in [1.82, 2.24) is 15.3 Å². The van der Waals surface area contributed by atoms with Gasteiger partial charge in [0, 0.05) is 19.0 Å². The topological polar surface area (TPSA) is 66.9 Å². The Hall–Kier alpha value is -1.72. The second-order valence-electron chi connectivity index (χ2n) is 3.41. The van der Waals surface area contributed by atoms with Gasteiger partial charge in [-0.05, 0) is 6.42 Å². The molecule has 1 fully saturated rings. The SMILES string of the molecule is O=C1CCC(CNc2ncc(F)cn2)N1. The highest BCUT2D eigenvalue weighted by Crippen LogP contribution is 2.07. The van der Waals surface area contributed by atoms with Gasteiger partial charge in [-0.15, -0.1) is 0 Å². The summed E-state index contributed by atoms with van der Waals surface area (Å²) in [5, 5.41) is 5.74. The van der Waals surface area contributed by atoms with E-state index in [1.165, 1.54) is 0 Å². The van der Waals surface area contributed by atoms with Crippen LogP contribution in [0.1, 0.15) is 12.8 Å². The highest BCUT2D eigenvalue weighted by molar-refractivity contribution is 5.78. The number of aromatic nitrogens is 2. The van der Waals surface area contributed by atoms with Gasteiger partial charge in [-0.1, -0.05) is 0 Å². The number of anilines is 1. The summed E-state index contributed by atoms with van der Waals surface area (Å²) in [6.07, 6.45) is 3.58. The monoisotopic (exact) mass is 210 g/mol. The van der Waals surface area contributed by atoms with Crippen LogP contribution in [0.5, 0.6) is 0 Å². The number of halogens is 1. The molecule has 2 N–H and O–H groups in total. The zero-order valence-corrected chi connectivity index (χ0v) is 8.03. The van der Waals surface area contributed by atoms with Gasteiger partial charge in [0.25, 0.3) is 0 Å². The molecule has 80 valence electrons. The van der Waals surface area contributed by atoms with Gasteiger partial charge in [-0.3, -0.25) is 4.79 Å². The lowest BCUT2D eigenvalue weighted by Gasteiger charge is -2.10. The average molecular weight is 210 g/mol. The number of hydrogen-bond donors (Lipinski definition) is 2. The number of hydrogen-bond acceptors (Lipinski definition) is 4. The predicted octanol–water partition coefficient (Wildman–Crippen LogP) is 0.306. The average Bonchev–Trinajstić information content (AvgIpc) is 2.64. The Morgan fingerprint density at radius 1 is 1.53 bits per heavy atom. The fourth-order valence-corrected chi connectivity index (χ4v) is 1.45. The zero-order chi connectivity index (χ0) is 10.7. The molecule has 0 radical (unpaired) electrons. The Morgan fingerprint density at radius 3 is 2.87 bits per heavy atom. The highest BCUT2D eigenvalue weighted by Gasteiger charge is 2.20. The first-order valence-corrected chi connectivity index (χ1v) is 4.75. The van der Waals surface area contributed by atoms with E-state index in [1.54, 1.807) is 0 Å². The number of carbonyl (C=O) groups is 1. The van der Waals surface area contributed by atoms with Gasteiger partial charge in [0.2, 0.25) is 11.9 Å². The van der Waals surface area contributed by atoms with Gasteiger partial charge < -0.3 is 10.6 Å². The van der Waals surface area contributed by atoms with E-state index in [4.69, 9.17) is 0 Å². The van der Waals surface area contributed by atoms with Crippen molar-refractivity contribution >= 4 is 11.9 Å². The normalized spacial score (nSPS) is 20.1. The summed E-state index contributed by atoms with van der Waals surface area (Å²) in [5.74, 6) is -0.0194. The second-order valence-corrected chi connectivity index (χ2v) is 3.41. The standard InChI is InChI=1S/C9H11FN4O/c10-6-3-11-9(12-4-6)13-5-7-1-2-8(15)14-7/h3-4,7H,1-2,5H2,(H,14,15)(H,11,12,13). The molecule has 0 bridgehead atoms. The number of rotatable bonds is 3. The lowest BCUT2D eigenvalue weighted by atomic mass is 10.2. The minimum atomic E-state index is -0.463. The van der Waals surface area contributed by atoms with E-state index in [9.17, 15) is 9.18 Å². The summed E-state index contributed by atoms with van der Waals surface area (Å²) in [4.78, 5) is 18.4. The van der Waals surface area contributed by atoms with Crippen molar-refractivity contribution in [3.63, 3.8) is 0 Å². The maximum Gasteiger partial charge on any atom is 0.222 e. The van der Waals surface area contributed by atoms with Crippen molar-refractivity contribution in [3.05, 3.63) is 18.2 Å². The number of amides is 1. The maximum atomic E-state index is 12.5. The molecular weight excluding hydrogens is 199 g/mol. The first-order chi connectivity index (χ1) is 7.24. The molecule has 15 heavy (non-hydrogen) atoms. The van der Waals surface area contributed by atoms with Gasteiger partial charge in [-0.2, -0.15) is 0 Å². The van der Waals surface area contributed by atoms with E-state index < -0.39 is 5.82 Å². The molecule has 6 heteroatoms. The number of carbonyl (C=O) groups excluding carboxylic acids is 1. The summed E-state index contributed by atoms with van der Waals surface area (Å²) in [7, 11) is 0. The molecule has 0 saturated carbocycles. The van der Waals surface area contributed by atoms with E-state index >= 15 is 0 Å². The van der Waals surface area contributed by atoms with Gasteiger partial charge >= 0.3 is 0 Å². The molecule has 1 saturated heterocycles. The summed E-state index contributed by atoms with van der Waals surface area (Å²) in [6.45, 7) is 0.567. The third-order valence-electron chi connectivity index (χ3n) is 2.21. The van der Waals surface area contributed by atoms with E-state index in [-0.39, 0.29) is 11.9 Å². The molecule has 1 aliphatic rings. The quantitative estimate of drug-likeness (QED) is 0.753. The van der Waals surface area contributed by atoms with Crippen LogP contribution in [0.15, 0.2) is 12.4 Å². The molecule has 2 heterocycles. The van der Waals surface area contributed by atoms with Crippen LogP contribution in [-0.4, -0.2) is 28.5 Å². The van der Waals surface area contributed by atoms with Crippen molar-refractivity contribution in [2.75, 3.05) is 11.9 Å². The molecule has 2 rings (SSSR count). The summed E-state index contributed by atoms with van der Waals surface area (Å²) >= 11 is 0. The van der Waals surface area contributed by atoms with Gasteiger partial charge in [0.1, 0.15) is 0 Å². The maximum absolute atomic E-state index is 12.5. The molecule has 1 aromatic heterocycles. The van der Waals surface area contributed by atoms with Crippen LogP contribution in [0.4, 0.5) is 10.3 Å². The molecular formula is C9H11FN4O. The first kappa shape index (κ1) is 9.82. The van der Waals surface area contributed by atoms with E-state index in [0.717, 1.165) is 18.8 Å². The third-order valence-corrected chi connectivity index (χ3v) is 2.21. The van der Waals surface area contributed by atoms with Crippen LogP contribution in [0.25, 0.3) is 0 Å². The fraction of sp³-hybridized carbons (Fsp3) is 0.444. The van der Waals surface area contributed by atoms with Crippen LogP contribution in [0, 0.1) is 5.82 Å². The van der Waals surface area contributed by atoms with Crippen LogP contribution >= 0.6 is 0 Å². The Morgan fingerprint density at radius 2 is 2.27 bits per heavy atom. The van der Waals surface area contributed by atoms with Gasteiger partial charge in [0.05, 0.1) is 12.4 Å². The fourth-order valence-electron chi connectivity index (χ4n) is 1.45. The largest absolute Gasteiger partial charge is 0.352 e. The van der Waals surface area contributed by atoms with E-state index in [2.05, 4.69) is 20.6 Å². The highest BCUT2D eigenvalue weighted by atomic mass is 19.1. The van der Waals surface area contributed by atoms with Crippen molar-refractivity contribution in [2.24, 2.45) is 0 Å². The molecule has 1 unspecified atom stereocenters. The van der Waals surface area contributed by atoms with Crippen LogP contribution < -0.4 is 10.6 Å². The number of nitrogens with one attached hydrogen (secondary N) is 2. The van der Waals surface area contributed by atoms with Gasteiger partial charge in [-0.25, -0.2) is 14.4 Å². The van der Waals surface area contributed by atoms with Crippen molar-refractivity contribution in [1.29, 1.82) is 0 Å². The molecule has 1 aliphatic heterocycles. The lowest BCUT2D eigenvalue weighted by molar-refractivity contribution is -0.119. The van der Waals surface area contributed by atoms with Crippen LogP contribution in [0.3, 0.4) is 0 Å². The molecule has 1 amide bonds. The summed E-state index contributed by atoms with van der Waals surface area (Å²) in [6, 6.07) is 0.117. The first-order valence-electron chi connectivity index (χ1n) is 4.75. The molecule has 1 aromatic rings. The Balaban J connectivity index is 1.83. The van der Waals surface area contributed by atoms with Crippen LogP contribution in [0.2, 0.25) is 0 Å². The summed E-state index contributed by atoms with van der Waals surface area (Å²) in [5.41, 5.74) is 0. The molecule has 5 nitrogen and oxygen atoms in total. The summed E-state index contributed by atoms with van der Waals surface area (Å²) < 4.78 is 12.5. The Kier molecular flexibility index (Phi) is 2.75. The third kappa shape index (κ3) is 2.61. The smallest absolute Gasteiger partial charge is 0.222 e. The molecule has 0 aliphatic carbocycles. The van der Waals surface area contributed by atoms with Crippen molar-refractivity contribution in [2.45, 2.75) is 18.9 Å². The number of nitrogens with zero attached hydrogens (tertiary/aromatic N) is 2. The minimum Gasteiger partial charge on any atom is -0.352 e. The molecule has 0 aromatic carbocycles. The van der Waals surface area contributed by atoms with Crippen molar-refractivity contribution in [3.8, 4) is 0 Å². The second kappa shape index (κ2) is 4.20. The van der Waals surface area contributed by atoms with E-state index in [1.807, 2.05) is 0 Å². The minimum absolute atomic E-state index is 0.0711. The molecule has 1 atom stereocenters. The van der Waals surface area contributed by atoms with Crippen LogP contribution in [-0.2, 0) is 4.79 Å². The van der Waals surface area contributed by atoms with Crippen molar-refractivity contribution < 1.29 is 9.18 Å². The Labute approximate surface area is 86.1 Å². The lowest BCUT2D eigenvalue weighted by Crippen LogP contribution is -2.32. The van der Waals surface area contributed by atoms with Gasteiger partial charge in [0.15, 0.2) is 5.82 Å².